The minimum atomic E-state index is -0.334. The highest BCUT2D eigenvalue weighted by molar-refractivity contribution is 6.33. The van der Waals surface area contributed by atoms with Gasteiger partial charge in [0, 0.05) is 6.54 Å². The van der Waals surface area contributed by atoms with Gasteiger partial charge in [0.05, 0.1) is 23.4 Å². The molecule has 2 aromatic rings. The molecule has 1 aliphatic rings. The first-order valence-corrected chi connectivity index (χ1v) is 7.00. The molecule has 0 spiro atoms. The lowest BCUT2D eigenvalue weighted by atomic mass is 9.97. The van der Waals surface area contributed by atoms with Crippen molar-refractivity contribution in [1.82, 2.24) is 0 Å². The fourth-order valence-electron chi connectivity index (χ4n) is 2.48. The van der Waals surface area contributed by atoms with Crippen LogP contribution in [0.1, 0.15) is 17.2 Å². The molecule has 2 nitrogen and oxygen atoms in total. The zero-order chi connectivity index (χ0) is 13.9. The number of benzene rings is 2. The van der Waals surface area contributed by atoms with Crippen LogP contribution in [0.3, 0.4) is 0 Å². The van der Waals surface area contributed by atoms with Crippen LogP contribution in [0.25, 0.3) is 0 Å². The van der Waals surface area contributed by atoms with Crippen LogP contribution in [-0.2, 0) is 11.2 Å². The van der Waals surface area contributed by atoms with Crippen molar-refractivity contribution in [1.29, 1.82) is 0 Å². The molecule has 1 heterocycles. The van der Waals surface area contributed by atoms with E-state index < -0.39 is 0 Å². The van der Waals surface area contributed by atoms with Gasteiger partial charge in [0.15, 0.2) is 0 Å². The van der Waals surface area contributed by atoms with Crippen LogP contribution in [0.15, 0.2) is 42.5 Å². The third-order valence-electron chi connectivity index (χ3n) is 3.50. The SMILES string of the molecule is Fc1ccc(NCC2OCCc3ccccc32)c(Cl)c1. The van der Waals surface area contributed by atoms with Gasteiger partial charge in [-0.05, 0) is 35.7 Å². The highest BCUT2D eigenvalue weighted by atomic mass is 35.5. The van der Waals surface area contributed by atoms with Gasteiger partial charge in [-0.3, -0.25) is 0 Å². The molecule has 1 aliphatic heterocycles. The van der Waals surface area contributed by atoms with E-state index in [1.807, 2.05) is 12.1 Å². The van der Waals surface area contributed by atoms with Gasteiger partial charge >= 0.3 is 0 Å². The van der Waals surface area contributed by atoms with Crippen molar-refractivity contribution < 1.29 is 9.13 Å². The fraction of sp³-hybridized carbons (Fsp3) is 0.250. The fourth-order valence-corrected chi connectivity index (χ4v) is 2.72. The van der Waals surface area contributed by atoms with E-state index >= 15 is 0 Å². The molecular formula is C16H15ClFNO. The molecular weight excluding hydrogens is 277 g/mol. The molecule has 0 aliphatic carbocycles. The number of halogens is 2. The summed E-state index contributed by atoms with van der Waals surface area (Å²) >= 11 is 6.00. The largest absolute Gasteiger partial charge is 0.381 e. The second-order valence-electron chi connectivity index (χ2n) is 4.81. The van der Waals surface area contributed by atoms with Crippen molar-refractivity contribution in [2.75, 3.05) is 18.5 Å². The summed E-state index contributed by atoms with van der Waals surface area (Å²) in [5, 5.41) is 3.61. The molecule has 0 saturated carbocycles. The van der Waals surface area contributed by atoms with Crippen molar-refractivity contribution in [3.05, 3.63) is 64.4 Å². The van der Waals surface area contributed by atoms with Crippen LogP contribution in [-0.4, -0.2) is 13.2 Å². The summed E-state index contributed by atoms with van der Waals surface area (Å²) < 4.78 is 18.8. The molecule has 1 unspecified atom stereocenters. The van der Waals surface area contributed by atoms with Crippen LogP contribution in [0.4, 0.5) is 10.1 Å². The molecule has 4 heteroatoms. The summed E-state index contributed by atoms with van der Waals surface area (Å²) in [6, 6.07) is 12.6. The zero-order valence-electron chi connectivity index (χ0n) is 10.9. The Kier molecular flexibility index (Phi) is 3.90. The molecule has 0 saturated heterocycles. The number of hydrogen-bond acceptors (Lipinski definition) is 2. The topological polar surface area (TPSA) is 21.3 Å². The highest BCUT2D eigenvalue weighted by Crippen LogP contribution is 2.28. The molecule has 3 rings (SSSR count). The summed E-state index contributed by atoms with van der Waals surface area (Å²) in [5.41, 5.74) is 3.26. The second kappa shape index (κ2) is 5.81. The lowest BCUT2D eigenvalue weighted by molar-refractivity contribution is 0.0513. The predicted octanol–water partition coefficient (Wildman–Crippen LogP) is 4.21. The molecule has 0 fully saturated rings. The molecule has 0 aromatic heterocycles. The molecule has 1 N–H and O–H groups in total. The quantitative estimate of drug-likeness (QED) is 0.915. The van der Waals surface area contributed by atoms with Gasteiger partial charge in [0.1, 0.15) is 5.82 Å². The van der Waals surface area contributed by atoms with E-state index in [9.17, 15) is 4.39 Å². The molecule has 0 bridgehead atoms. The molecule has 104 valence electrons. The first kappa shape index (κ1) is 13.4. The van der Waals surface area contributed by atoms with Crippen molar-refractivity contribution in [3.8, 4) is 0 Å². The van der Waals surface area contributed by atoms with E-state index in [-0.39, 0.29) is 11.9 Å². The number of ether oxygens (including phenoxy) is 1. The minimum absolute atomic E-state index is 0.000990. The normalized spacial score (nSPS) is 17.6. The van der Waals surface area contributed by atoms with Crippen molar-refractivity contribution in [3.63, 3.8) is 0 Å². The van der Waals surface area contributed by atoms with E-state index in [0.29, 0.717) is 11.6 Å². The van der Waals surface area contributed by atoms with Gasteiger partial charge in [0.25, 0.3) is 0 Å². The molecule has 0 amide bonds. The van der Waals surface area contributed by atoms with Gasteiger partial charge in [-0.25, -0.2) is 4.39 Å². The van der Waals surface area contributed by atoms with Crippen molar-refractivity contribution in [2.45, 2.75) is 12.5 Å². The summed E-state index contributed by atoms with van der Waals surface area (Å²) in [6.07, 6.45) is 0.949. The third kappa shape index (κ3) is 2.79. The average molecular weight is 292 g/mol. The van der Waals surface area contributed by atoms with E-state index in [1.165, 1.54) is 23.3 Å². The van der Waals surface area contributed by atoms with Gasteiger partial charge in [-0.15, -0.1) is 0 Å². The Bertz CT molecular complexity index is 617. The Balaban J connectivity index is 1.73. The van der Waals surface area contributed by atoms with Crippen LogP contribution >= 0.6 is 11.6 Å². The number of fused-ring (bicyclic) bond motifs is 1. The Morgan fingerprint density at radius 1 is 1.25 bits per heavy atom. The van der Waals surface area contributed by atoms with E-state index in [0.717, 1.165) is 18.7 Å². The van der Waals surface area contributed by atoms with E-state index in [2.05, 4.69) is 17.4 Å². The maximum Gasteiger partial charge on any atom is 0.124 e. The highest BCUT2D eigenvalue weighted by Gasteiger charge is 2.20. The molecule has 2 aromatic carbocycles. The summed E-state index contributed by atoms with van der Waals surface area (Å²) in [6.45, 7) is 1.34. The summed E-state index contributed by atoms with van der Waals surface area (Å²) in [4.78, 5) is 0. The van der Waals surface area contributed by atoms with Crippen LogP contribution < -0.4 is 5.32 Å². The maximum atomic E-state index is 13.0. The van der Waals surface area contributed by atoms with Gasteiger partial charge in [-0.1, -0.05) is 35.9 Å². The van der Waals surface area contributed by atoms with E-state index in [1.54, 1.807) is 6.07 Å². The number of anilines is 1. The first-order valence-electron chi connectivity index (χ1n) is 6.62. The lowest BCUT2D eigenvalue weighted by Crippen LogP contribution is -2.22. The van der Waals surface area contributed by atoms with Crippen LogP contribution in [0.5, 0.6) is 0 Å². The van der Waals surface area contributed by atoms with Crippen molar-refractivity contribution >= 4 is 17.3 Å². The van der Waals surface area contributed by atoms with E-state index in [4.69, 9.17) is 16.3 Å². The van der Waals surface area contributed by atoms with Crippen molar-refractivity contribution in [2.24, 2.45) is 0 Å². The summed E-state index contributed by atoms with van der Waals surface area (Å²) in [5.74, 6) is -0.334. The Morgan fingerprint density at radius 2 is 2.10 bits per heavy atom. The maximum absolute atomic E-state index is 13.0. The molecule has 0 radical (unpaired) electrons. The minimum Gasteiger partial charge on any atom is -0.381 e. The zero-order valence-corrected chi connectivity index (χ0v) is 11.7. The van der Waals surface area contributed by atoms with Gasteiger partial charge < -0.3 is 10.1 Å². The first-order chi connectivity index (χ1) is 9.74. The van der Waals surface area contributed by atoms with Gasteiger partial charge in [0.2, 0.25) is 0 Å². The van der Waals surface area contributed by atoms with Gasteiger partial charge in [-0.2, -0.15) is 0 Å². The van der Waals surface area contributed by atoms with Crippen LogP contribution in [0.2, 0.25) is 5.02 Å². The Hall–Kier alpha value is -1.58. The Labute approximate surface area is 122 Å². The number of rotatable bonds is 3. The predicted molar refractivity (Wildman–Crippen MR) is 78.7 cm³/mol. The molecule has 20 heavy (non-hydrogen) atoms. The molecule has 1 atom stereocenters. The Morgan fingerprint density at radius 3 is 2.95 bits per heavy atom. The third-order valence-corrected chi connectivity index (χ3v) is 3.81. The number of hydrogen-bond donors (Lipinski definition) is 1. The second-order valence-corrected chi connectivity index (χ2v) is 5.22. The smallest absolute Gasteiger partial charge is 0.124 e. The number of nitrogens with one attached hydrogen (secondary N) is 1. The average Bonchev–Trinajstić information content (AvgIpc) is 2.46. The van der Waals surface area contributed by atoms with Crippen LogP contribution in [0, 0.1) is 5.82 Å². The monoisotopic (exact) mass is 291 g/mol. The lowest BCUT2D eigenvalue weighted by Gasteiger charge is -2.26. The summed E-state index contributed by atoms with van der Waals surface area (Å²) in [7, 11) is 0. The standard InChI is InChI=1S/C16H15ClFNO/c17-14-9-12(18)5-6-15(14)19-10-16-13-4-2-1-3-11(13)7-8-20-16/h1-6,9,16,19H,7-8,10H2.